The Bertz CT molecular complexity index is 1220. The van der Waals surface area contributed by atoms with Gasteiger partial charge < -0.3 is 19.9 Å². The number of hydrogen-bond acceptors (Lipinski definition) is 6. The number of aliphatic hydroxyl groups excluding tert-OH is 1. The Morgan fingerprint density at radius 2 is 1.95 bits per heavy atom. The molecule has 2 aromatic rings. The van der Waals surface area contributed by atoms with E-state index in [0.29, 0.717) is 18.4 Å². The highest BCUT2D eigenvalue weighted by Crippen LogP contribution is 2.27. The fourth-order valence-corrected chi connectivity index (χ4v) is 3.84. The fourth-order valence-electron chi connectivity index (χ4n) is 3.84. The highest BCUT2D eigenvalue weighted by molar-refractivity contribution is 5.95. The Balaban J connectivity index is 1.75. The highest BCUT2D eigenvalue weighted by atomic mass is 16.6. The van der Waals surface area contributed by atoms with E-state index in [9.17, 15) is 19.5 Å². The molecule has 1 unspecified atom stereocenters. The van der Waals surface area contributed by atoms with Crippen LogP contribution in [0.2, 0.25) is 0 Å². The van der Waals surface area contributed by atoms with Crippen molar-refractivity contribution in [1.82, 2.24) is 5.32 Å². The molecule has 1 amide bonds. The van der Waals surface area contributed by atoms with Crippen LogP contribution in [0, 0.1) is 17.8 Å². The predicted molar refractivity (Wildman–Crippen MR) is 139 cm³/mol. The van der Waals surface area contributed by atoms with Crippen LogP contribution in [0.25, 0.3) is 0 Å². The lowest BCUT2D eigenvalue weighted by atomic mass is 9.93. The molecule has 3 rings (SSSR count). The van der Waals surface area contributed by atoms with E-state index >= 15 is 0 Å². The second-order valence-electron chi connectivity index (χ2n) is 8.83. The van der Waals surface area contributed by atoms with Gasteiger partial charge in [-0.05, 0) is 42.5 Å². The minimum Gasteiger partial charge on any atom is -0.458 e. The number of cyclic esters (lactones) is 1. The molecule has 0 bridgehead atoms. The van der Waals surface area contributed by atoms with Crippen LogP contribution < -0.4 is 10.1 Å². The average Bonchev–Trinajstić information content (AvgIpc) is 2.87. The van der Waals surface area contributed by atoms with Gasteiger partial charge in [-0.15, -0.1) is 0 Å². The van der Waals surface area contributed by atoms with Crippen molar-refractivity contribution in [3.05, 3.63) is 89.6 Å². The first-order chi connectivity index (χ1) is 17.8. The Hall–Kier alpha value is -4.15. The maximum absolute atomic E-state index is 13.3. The molecule has 0 saturated heterocycles. The number of hydrogen-bond donors (Lipinski definition) is 2. The summed E-state index contributed by atoms with van der Waals surface area (Å²) >= 11 is 0. The molecule has 1 heterocycles. The number of ether oxygens (including phenoxy) is 2. The zero-order valence-corrected chi connectivity index (χ0v) is 21.0. The van der Waals surface area contributed by atoms with Gasteiger partial charge in [-0.25, -0.2) is 4.79 Å². The molecule has 0 radical (unpaired) electrons. The number of carbonyl (C=O) groups is 3. The predicted octanol–water partition coefficient (Wildman–Crippen LogP) is 4.10. The summed E-state index contributed by atoms with van der Waals surface area (Å²) in [7, 11) is 0. The van der Waals surface area contributed by atoms with Crippen LogP contribution in [0.15, 0.2) is 73.0 Å². The first kappa shape index (κ1) is 27.4. The molecular formula is C30H31NO6. The number of rotatable bonds is 4. The summed E-state index contributed by atoms with van der Waals surface area (Å²) < 4.78 is 11.1. The number of carbonyl (C=O) groups excluding carboxylic acids is 3. The van der Waals surface area contributed by atoms with Crippen LogP contribution >= 0.6 is 0 Å². The summed E-state index contributed by atoms with van der Waals surface area (Å²) in [6, 6.07) is 14.2. The van der Waals surface area contributed by atoms with E-state index in [2.05, 4.69) is 17.2 Å². The minimum absolute atomic E-state index is 0.0410. The standard InChI is InChI=1S/C30H31NO6/c1-21-10-6-7-13-24-14-8-16-27(36-22(2)32)29(24)30(35)37-25(20-26(21)33)15-9-19-31-28(34)18-17-23-11-4-3-5-12-23/h3-9,11-12,14,16,19,21,25-26,33H,10,13,15,20H2,1-2H3,(H,31,34)/t21-,25?,26+/m0/s1. The van der Waals surface area contributed by atoms with Crippen molar-refractivity contribution < 1.29 is 29.0 Å². The lowest BCUT2D eigenvalue weighted by Crippen LogP contribution is -2.28. The Morgan fingerprint density at radius 1 is 1.16 bits per heavy atom. The summed E-state index contributed by atoms with van der Waals surface area (Å²) in [5.74, 6) is 3.72. The molecule has 0 saturated carbocycles. The molecule has 1 aliphatic heterocycles. The van der Waals surface area contributed by atoms with Crippen LogP contribution in [-0.2, 0) is 20.7 Å². The normalized spacial score (nSPS) is 19.9. The molecule has 2 aromatic carbocycles. The molecule has 192 valence electrons. The molecule has 0 aromatic heterocycles. The summed E-state index contributed by atoms with van der Waals surface area (Å²) in [6.45, 7) is 3.21. The third kappa shape index (κ3) is 8.78. The molecular weight excluding hydrogens is 470 g/mol. The fraction of sp³-hybridized carbons (Fsp3) is 0.300. The van der Waals surface area contributed by atoms with Gasteiger partial charge in [0, 0.05) is 37.4 Å². The highest BCUT2D eigenvalue weighted by Gasteiger charge is 2.26. The SMILES string of the molecule is CC(=O)Oc1cccc2c1C(=O)OC(CC=CNC(=O)C#Cc1ccccc1)C[C@@H](O)[C@@H](C)CC=CC2. The molecule has 1 aliphatic rings. The van der Waals surface area contributed by atoms with Crippen LogP contribution in [0.4, 0.5) is 0 Å². The number of amides is 1. The third-order valence-electron chi connectivity index (χ3n) is 5.84. The molecule has 0 fully saturated rings. The van der Waals surface area contributed by atoms with E-state index in [-0.39, 0.29) is 30.1 Å². The van der Waals surface area contributed by atoms with Crippen LogP contribution in [0.3, 0.4) is 0 Å². The molecule has 3 atom stereocenters. The van der Waals surface area contributed by atoms with Crippen molar-refractivity contribution in [2.75, 3.05) is 0 Å². The van der Waals surface area contributed by atoms with Crippen LogP contribution in [0.1, 0.15) is 54.6 Å². The van der Waals surface area contributed by atoms with Gasteiger partial charge in [-0.1, -0.05) is 61.4 Å². The third-order valence-corrected chi connectivity index (χ3v) is 5.84. The van der Waals surface area contributed by atoms with Gasteiger partial charge in [0.1, 0.15) is 17.4 Å². The van der Waals surface area contributed by atoms with E-state index in [0.717, 1.165) is 5.56 Å². The summed E-state index contributed by atoms with van der Waals surface area (Å²) in [5.41, 5.74) is 1.59. The number of allylic oxidation sites excluding steroid dienone is 2. The lowest BCUT2D eigenvalue weighted by molar-refractivity contribution is -0.131. The molecule has 0 spiro atoms. The van der Waals surface area contributed by atoms with Gasteiger partial charge in [0.25, 0.3) is 5.91 Å². The summed E-state index contributed by atoms with van der Waals surface area (Å²) in [4.78, 5) is 36.9. The zero-order valence-electron chi connectivity index (χ0n) is 21.0. The van der Waals surface area contributed by atoms with Crippen molar-refractivity contribution in [2.24, 2.45) is 5.92 Å². The van der Waals surface area contributed by atoms with Crippen molar-refractivity contribution in [1.29, 1.82) is 0 Å². The molecule has 2 N–H and O–H groups in total. The van der Waals surface area contributed by atoms with Crippen molar-refractivity contribution >= 4 is 17.8 Å². The Labute approximate surface area is 217 Å². The smallest absolute Gasteiger partial charge is 0.342 e. The van der Waals surface area contributed by atoms with Crippen LogP contribution in [0.5, 0.6) is 5.75 Å². The van der Waals surface area contributed by atoms with E-state index < -0.39 is 30.1 Å². The molecule has 37 heavy (non-hydrogen) atoms. The Kier molecular flexibility index (Phi) is 10.2. The first-order valence-electron chi connectivity index (χ1n) is 12.2. The second-order valence-corrected chi connectivity index (χ2v) is 8.83. The molecule has 7 nitrogen and oxygen atoms in total. The number of benzene rings is 2. The lowest BCUT2D eigenvalue weighted by Gasteiger charge is -2.24. The van der Waals surface area contributed by atoms with Crippen molar-refractivity contribution in [2.45, 2.75) is 51.7 Å². The number of fused-ring (bicyclic) bond motifs is 1. The zero-order chi connectivity index (χ0) is 26.6. The summed E-state index contributed by atoms with van der Waals surface area (Å²) in [6.07, 6.45) is 7.20. The van der Waals surface area contributed by atoms with Gasteiger partial charge in [0.05, 0.1) is 6.10 Å². The molecule has 0 aliphatic carbocycles. The van der Waals surface area contributed by atoms with E-state index in [4.69, 9.17) is 9.47 Å². The largest absolute Gasteiger partial charge is 0.458 e. The number of esters is 2. The monoisotopic (exact) mass is 501 g/mol. The van der Waals surface area contributed by atoms with Gasteiger partial charge in [-0.3, -0.25) is 9.59 Å². The Morgan fingerprint density at radius 3 is 2.70 bits per heavy atom. The maximum Gasteiger partial charge on any atom is 0.342 e. The van der Waals surface area contributed by atoms with Crippen molar-refractivity contribution in [3.8, 4) is 17.6 Å². The topological polar surface area (TPSA) is 102 Å². The number of nitrogens with one attached hydrogen (secondary N) is 1. The summed E-state index contributed by atoms with van der Waals surface area (Å²) in [5, 5.41) is 13.3. The second kappa shape index (κ2) is 13.8. The van der Waals surface area contributed by atoms with E-state index in [1.54, 1.807) is 36.4 Å². The average molecular weight is 502 g/mol. The molecule has 7 heteroatoms. The van der Waals surface area contributed by atoms with E-state index in [1.807, 2.05) is 37.3 Å². The first-order valence-corrected chi connectivity index (χ1v) is 12.2. The quantitative estimate of drug-likeness (QED) is 0.283. The van der Waals surface area contributed by atoms with Gasteiger partial charge in [0.15, 0.2) is 0 Å². The van der Waals surface area contributed by atoms with Gasteiger partial charge >= 0.3 is 11.9 Å². The van der Waals surface area contributed by atoms with E-state index in [1.165, 1.54) is 13.1 Å². The number of aliphatic hydroxyl groups is 1. The maximum atomic E-state index is 13.3. The minimum atomic E-state index is -0.704. The van der Waals surface area contributed by atoms with Gasteiger partial charge in [-0.2, -0.15) is 0 Å². The van der Waals surface area contributed by atoms with Gasteiger partial charge in [0.2, 0.25) is 0 Å². The van der Waals surface area contributed by atoms with Crippen LogP contribution in [-0.4, -0.2) is 35.2 Å². The van der Waals surface area contributed by atoms with Crippen molar-refractivity contribution in [3.63, 3.8) is 0 Å².